The summed E-state index contributed by atoms with van der Waals surface area (Å²) in [5, 5.41) is 13.2. The summed E-state index contributed by atoms with van der Waals surface area (Å²) in [4.78, 5) is 23.6. The van der Waals surface area contributed by atoms with Gasteiger partial charge in [-0.1, -0.05) is 31.7 Å². The summed E-state index contributed by atoms with van der Waals surface area (Å²) < 4.78 is 1.31. The number of aliphatic hydroxyl groups is 1. The van der Waals surface area contributed by atoms with Crippen molar-refractivity contribution < 1.29 is 9.90 Å². The molecule has 1 aliphatic rings. The Morgan fingerprint density at radius 1 is 1.30 bits per heavy atom. The number of rotatable bonds is 3. The van der Waals surface area contributed by atoms with Crippen LogP contribution in [-0.2, 0) is 7.05 Å². The molecular formula is C15H22N2O3. The molecule has 0 aromatic carbocycles. The normalized spacial score (nSPS) is 18.3. The summed E-state index contributed by atoms with van der Waals surface area (Å²) in [6.45, 7) is 0.245. The van der Waals surface area contributed by atoms with E-state index in [1.807, 2.05) is 0 Å². The molecule has 0 radical (unpaired) electrons. The number of amides is 1. The molecule has 0 saturated heterocycles. The molecule has 1 fully saturated rings. The topological polar surface area (TPSA) is 71.3 Å². The van der Waals surface area contributed by atoms with Crippen molar-refractivity contribution in [2.24, 2.45) is 7.05 Å². The summed E-state index contributed by atoms with van der Waals surface area (Å²) in [5.41, 5.74) is -0.708. The fourth-order valence-electron chi connectivity index (χ4n) is 2.69. The van der Waals surface area contributed by atoms with E-state index in [2.05, 4.69) is 5.32 Å². The number of carbonyl (C=O) groups excluding carboxylic acids is 1. The highest BCUT2D eigenvalue weighted by Gasteiger charge is 2.28. The molecule has 0 bridgehead atoms. The fourth-order valence-corrected chi connectivity index (χ4v) is 2.69. The van der Waals surface area contributed by atoms with Crippen LogP contribution in [0.5, 0.6) is 0 Å². The molecule has 0 atom stereocenters. The van der Waals surface area contributed by atoms with Crippen LogP contribution in [0.25, 0.3) is 0 Å². The second-order valence-electron chi connectivity index (χ2n) is 5.63. The Balaban J connectivity index is 2.01. The number of hydrogen-bond donors (Lipinski definition) is 2. The lowest BCUT2D eigenvalue weighted by atomic mass is 9.94. The monoisotopic (exact) mass is 278 g/mol. The molecule has 1 aromatic heterocycles. The zero-order chi connectivity index (χ0) is 14.6. The van der Waals surface area contributed by atoms with Crippen LogP contribution in [-0.4, -0.2) is 27.7 Å². The molecule has 0 spiro atoms. The number of nitrogens with one attached hydrogen (secondary N) is 1. The van der Waals surface area contributed by atoms with Gasteiger partial charge in [-0.3, -0.25) is 9.59 Å². The molecule has 0 unspecified atom stereocenters. The zero-order valence-electron chi connectivity index (χ0n) is 11.9. The van der Waals surface area contributed by atoms with Crippen molar-refractivity contribution in [3.63, 3.8) is 0 Å². The first-order chi connectivity index (χ1) is 9.52. The number of hydrogen-bond acceptors (Lipinski definition) is 3. The molecule has 1 aliphatic carbocycles. The average Bonchev–Trinajstić information content (AvgIpc) is 2.65. The van der Waals surface area contributed by atoms with Crippen LogP contribution >= 0.6 is 0 Å². The summed E-state index contributed by atoms with van der Waals surface area (Å²) in [5.74, 6) is -0.317. The van der Waals surface area contributed by atoms with Crippen molar-refractivity contribution in [2.45, 2.75) is 44.1 Å². The standard InChI is InChI=1S/C15H22N2O3/c1-17-12(7-6-8-13(17)18)14(19)16-11-15(20)9-4-2-3-5-10-15/h6-8,20H,2-5,9-11H2,1H3,(H,16,19). The lowest BCUT2D eigenvalue weighted by molar-refractivity contribution is 0.0245. The highest BCUT2D eigenvalue weighted by Crippen LogP contribution is 2.26. The average molecular weight is 278 g/mol. The predicted molar refractivity (Wildman–Crippen MR) is 76.7 cm³/mol. The maximum absolute atomic E-state index is 12.1. The minimum absolute atomic E-state index is 0.217. The maximum atomic E-state index is 12.1. The van der Waals surface area contributed by atoms with E-state index in [4.69, 9.17) is 0 Å². The van der Waals surface area contributed by atoms with Crippen LogP contribution in [0, 0.1) is 0 Å². The number of pyridine rings is 1. The van der Waals surface area contributed by atoms with Gasteiger partial charge in [0.05, 0.1) is 5.60 Å². The second-order valence-corrected chi connectivity index (χ2v) is 5.63. The van der Waals surface area contributed by atoms with Crippen LogP contribution in [0.1, 0.15) is 49.0 Å². The Morgan fingerprint density at radius 2 is 1.95 bits per heavy atom. The fraction of sp³-hybridized carbons (Fsp3) is 0.600. The largest absolute Gasteiger partial charge is 0.388 e. The van der Waals surface area contributed by atoms with Gasteiger partial charge in [-0.15, -0.1) is 0 Å². The first-order valence-corrected chi connectivity index (χ1v) is 7.18. The van der Waals surface area contributed by atoms with Crippen molar-refractivity contribution in [1.29, 1.82) is 0 Å². The summed E-state index contributed by atoms with van der Waals surface area (Å²) in [6, 6.07) is 4.58. The van der Waals surface area contributed by atoms with E-state index < -0.39 is 5.60 Å². The van der Waals surface area contributed by atoms with Crippen LogP contribution in [0.4, 0.5) is 0 Å². The third-order valence-electron chi connectivity index (χ3n) is 4.03. The molecule has 1 aromatic rings. The Morgan fingerprint density at radius 3 is 2.60 bits per heavy atom. The van der Waals surface area contributed by atoms with Crippen LogP contribution in [0.15, 0.2) is 23.0 Å². The quantitative estimate of drug-likeness (QED) is 0.816. The first-order valence-electron chi connectivity index (χ1n) is 7.18. The van der Waals surface area contributed by atoms with E-state index in [0.29, 0.717) is 5.69 Å². The van der Waals surface area contributed by atoms with Gasteiger partial charge in [0.25, 0.3) is 11.5 Å². The van der Waals surface area contributed by atoms with Gasteiger partial charge >= 0.3 is 0 Å². The highest BCUT2D eigenvalue weighted by molar-refractivity contribution is 5.92. The van der Waals surface area contributed by atoms with E-state index in [0.717, 1.165) is 38.5 Å². The van der Waals surface area contributed by atoms with Crippen molar-refractivity contribution in [3.05, 3.63) is 34.2 Å². The molecule has 1 amide bonds. The third-order valence-corrected chi connectivity index (χ3v) is 4.03. The van der Waals surface area contributed by atoms with Gasteiger partial charge in [0, 0.05) is 19.7 Å². The Hall–Kier alpha value is -1.62. The molecule has 0 aliphatic heterocycles. The lowest BCUT2D eigenvalue weighted by Gasteiger charge is -2.26. The zero-order valence-corrected chi connectivity index (χ0v) is 11.9. The van der Waals surface area contributed by atoms with Gasteiger partial charge in [-0.05, 0) is 18.9 Å². The Kier molecular flexibility index (Phi) is 4.60. The molecular weight excluding hydrogens is 256 g/mol. The van der Waals surface area contributed by atoms with Crippen LogP contribution < -0.4 is 10.9 Å². The van der Waals surface area contributed by atoms with Crippen molar-refractivity contribution >= 4 is 5.91 Å². The Labute approximate surface area is 118 Å². The SMILES string of the molecule is Cn1c(C(=O)NCC2(O)CCCCCC2)cccc1=O. The van der Waals surface area contributed by atoms with Crippen LogP contribution in [0.3, 0.4) is 0 Å². The predicted octanol–water partition coefficient (Wildman–Crippen LogP) is 1.20. The summed E-state index contributed by atoms with van der Waals surface area (Å²) >= 11 is 0. The van der Waals surface area contributed by atoms with Crippen molar-refractivity contribution in [3.8, 4) is 0 Å². The van der Waals surface area contributed by atoms with Crippen LogP contribution in [0.2, 0.25) is 0 Å². The summed E-state index contributed by atoms with van der Waals surface area (Å²) in [6.07, 6.45) is 5.72. The van der Waals surface area contributed by atoms with Gasteiger partial charge in [-0.25, -0.2) is 0 Å². The number of aromatic nitrogens is 1. The molecule has 1 heterocycles. The molecule has 5 nitrogen and oxygen atoms in total. The second kappa shape index (κ2) is 6.22. The molecule has 2 rings (SSSR count). The number of carbonyl (C=O) groups is 1. The van der Waals surface area contributed by atoms with Gasteiger partial charge < -0.3 is 15.0 Å². The van der Waals surface area contributed by atoms with Gasteiger partial charge in [0.15, 0.2) is 0 Å². The van der Waals surface area contributed by atoms with E-state index in [9.17, 15) is 14.7 Å². The smallest absolute Gasteiger partial charge is 0.268 e. The van der Waals surface area contributed by atoms with E-state index in [-0.39, 0.29) is 18.0 Å². The van der Waals surface area contributed by atoms with Gasteiger partial charge in [0.2, 0.25) is 0 Å². The van der Waals surface area contributed by atoms with Crippen molar-refractivity contribution in [2.75, 3.05) is 6.54 Å². The summed E-state index contributed by atoms with van der Waals surface area (Å²) in [7, 11) is 1.57. The maximum Gasteiger partial charge on any atom is 0.268 e. The molecule has 20 heavy (non-hydrogen) atoms. The molecule has 2 N–H and O–H groups in total. The molecule has 1 saturated carbocycles. The van der Waals surface area contributed by atoms with E-state index in [1.165, 1.54) is 10.6 Å². The van der Waals surface area contributed by atoms with Crippen molar-refractivity contribution in [1.82, 2.24) is 9.88 Å². The molecule has 110 valence electrons. The van der Waals surface area contributed by atoms with E-state index in [1.54, 1.807) is 19.2 Å². The Bertz CT molecular complexity index is 528. The van der Waals surface area contributed by atoms with E-state index >= 15 is 0 Å². The first kappa shape index (κ1) is 14.8. The highest BCUT2D eigenvalue weighted by atomic mass is 16.3. The lowest BCUT2D eigenvalue weighted by Crippen LogP contribution is -2.43. The minimum Gasteiger partial charge on any atom is -0.388 e. The third kappa shape index (κ3) is 3.48. The molecule has 5 heteroatoms. The number of nitrogens with zero attached hydrogens (tertiary/aromatic N) is 1. The minimum atomic E-state index is -0.806. The van der Waals surface area contributed by atoms with Gasteiger partial charge in [-0.2, -0.15) is 0 Å². The van der Waals surface area contributed by atoms with Gasteiger partial charge in [0.1, 0.15) is 5.69 Å².